The van der Waals surface area contributed by atoms with E-state index in [-0.39, 0.29) is 0 Å². The average molecular weight is 198 g/mol. The van der Waals surface area contributed by atoms with Crippen molar-refractivity contribution in [2.45, 2.75) is 27.7 Å². The molecule has 0 saturated carbocycles. The number of hydrogen-bond acceptors (Lipinski definition) is 2. The van der Waals surface area contributed by atoms with Crippen LogP contribution in [0.3, 0.4) is 0 Å². The molecule has 0 aliphatic carbocycles. The highest BCUT2D eigenvalue weighted by atomic mass is 14.9. The number of nitrogens with one attached hydrogen (secondary N) is 2. The minimum atomic E-state index is 0.404. The summed E-state index contributed by atoms with van der Waals surface area (Å²) in [6.07, 6.45) is 1.89. The summed E-state index contributed by atoms with van der Waals surface area (Å²) < 4.78 is 0. The van der Waals surface area contributed by atoms with Crippen molar-refractivity contribution in [1.82, 2.24) is 10.6 Å². The topological polar surface area (TPSA) is 24.1 Å². The smallest absolute Gasteiger partial charge is 0.0132 e. The Kier molecular flexibility index (Phi) is 6.85. The maximum atomic E-state index is 3.66. The SMILES string of the molecule is C=CCNCCNCC(C)C(C)(C)C. The van der Waals surface area contributed by atoms with Gasteiger partial charge in [-0.05, 0) is 17.9 Å². The van der Waals surface area contributed by atoms with E-state index in [4.69, 9.17) is 0 Å². The normalized spacial score (nSPS) is 14.0. The van der Waals surface area contributed by atoms with Crippen molar-refractivity contribution < 1.29 is 0 Å². The Morgan fingerprint density at radius 1 is 1.21 bits per heavy atom. The maximum Gasteiger partial charge on any atom is 0.0132 e. The molecule has 0 aliphatic rings. The van der Waals surface area contributed by atoms with Gasteiger partial charge in [-0.2, -0.15) is 0 Å². The molecule has 2 N–H and O–H groups in total. The van der Waals surface area contributed by atoms with Crippen LogP contribution in [0, 0.1) is 11.3 Å². The molecule has 0 aromatic carbocycles. The van der Waals surface area contributed by atoms with E-state index < -0.39 is 0 Å². The van der Waals surface area contributed by atoms with Crippen molar-refractivity contribution in [2.75, 3.05) is 26.2 Å². The zero-order chi connectivity index (χ0) is 11.0. The van der Waals surface area contributed by atoms with Crippen LogP contribution in [0.1, 0.15) is 27.7 Å². The zero-order valence-electron chi connectivity index (χ0n) is 10.2. The molecule has 0 heterocycles. The molecule has 0 fully saturated rings. The van der Waals surface area contributed by atoms with Crippen molar-refractivity contribution >= 4 is 0 Å². The van der Waals surface area contributed by atoms with Gasteiger partial charge < -0.3 is 10.6 Å². The summed E-state index contributed by atoms with van der Waals surface area (Å²) in [6.45, 7) is 16.9. The third-order valence-corrected chi connectivity index (χ3v) is 2.70. The van der Waals surface area contributed by atoms with Gasteiger partial charge in [-0.15, -0.1) is 6.58 Å². The van der Waals surface area contributed by atoms with Gasteiger partial charge in [-0.1, -0.05) is 33.8 Å². The monoisotopic (exact) mass is 198 g/mol. The Balaban J connectivity index is 3.32. The molecule has 0 bridgehead atoms. The maximum absolute atomic E-state index is 3.66. The Morgan fingerprint density at radius 3 is 2.29 bits per heavy atom. The summed E-state index contributed by atoms with van der Waals surface area (Å²) in [7, 11) is 0. The molecule has 0 spiro atoms. The fraction of sp³-hybridized carbons (Fsp3) is 0.833. The average Bonchev–Trinajstić information content (AvgIpc) is 2.09. The van der Waals surface area contributed by atoms with E-state index in [1.807, 2.05) is 6.08 Å². The summed E-state index contributed by atoms with van der Waals surface area (Å²) in [5.74, 6) is 0.710. The van der Waals surface area contributed by atoms with E-state index in [1.54, 1.807) is 0 Å². The Bertz CT molecular complexity index is 147. The third-order valence-electron chi connectivity index (χ3n) is 2.70. The number of rotatable bonds is 7. The fourth-order valence-electron chi connectivity index (χ4n) is 1.01. The molecule has 2 heteroatoms. The molecule has 84 valence electrons. The molecule has 0 aliphatic heterocycles. The Morgan fingerprint density at radius 2 is 1.79 bits per heavy atom. The summed E-state index contributed by atoms with van der Waals surface area (Å²) in [6, 6.07) is 0. The predicted octanol–water partition coefficient (Wildman–Crippen LogP) is 2.03. The second-order valence-electron chi connectivity index (χ2n) is 4.96. The van der Waals surface area contributed by atoms with Gasteiger partial charge in [0.25, 0.3) is 0 Å². The van der Waals surface area contributed by atoms with Gasteiger partial charge in [0.15, 0.2) is 0 Å². The van der Waals surface area contributed by atoms with Gasteiger partial charge >= 0.3 is 0 Å². The van der Waals surface area contributed by atoms with E-state index in [0.717, 1.165) is 26.2 Å². The third kappa shape index (κ3) is 7.10. The molecule has 1 atom stereocenters. The van der Waals surface area contributed by atoms with Crippen LogP contribution in [-0.4, -0.2) is 26.2 Å². The molecule has 0 aromatic heterocycles. The van der Waals surface area contributed by atoms with E-state index in [9.17, 15) is 0 Å². The summed E-state index contributed by atoms with van der Waals surface area (Å²) in [5.41, 5.74) is 0.404. The van der Waals surface area contributed by atoms with Crippen LogP contribution in [0.15, 0.2) is 12.7 Å². The van der Waals surface area contributed by atoms with Crippen LogP contribution >= 0.6 is 0 Å². The zero-order valence-corrected chi connectivity index (χ0v) is 10.2. The van der Waals surface area contributed by atoms with E-state index in [0.29, 0.717) is 11.3 Å². The number of hydrogen-bond donors (Lipinski definition) is 2. The van der Waals surface area contributed by atoms with Gasteiger partial charge in [-0.3, -0.25) is 0 Å². The molecule has 14 heavy (non-hydrogen) atoms. The second kappa shape index (κ2) is 7.02. The van der Waals surface area contributed by atoms with Crippen LogP contribution in [-0.2, 0) is 0 Å². The van der Waals surface area contributed by atoms with Crippen molar-refractivity contribution in [2.24, 2.45) is 11.3 Å². The van der Waals surface area contributed by atoms with Crippen LogP contribution < -0.4 is 10.6 Å². The molecule has 0 saturated heterocycles. The quantitative estimate of drug-likeness (QED) is 0.483. The highest BCUT2D eigenvalue weighted by Crippen LogP contribution is 2.24. The largest absolute Gasteiger partial charge is 0.315 e. The van der Waals surface area contributed by atoms with Crippen LogP contribution in [0.4, 0.5) is 0 Å². The molecule has 2 nitrogen and oxygen atoms in total. The van der Waals surface area contributed by atoms with E-state index in [2.05, 4.69) is 44.9 Å². The first-order valence-corrected chi connectivity index (χ1v) is 5.50. The van der Waals surface area contributed by atoms with E-state index in [1.165, 1.54) is 0 Å². The van der Waals surface area contributed by atoms with Gasteiger partial charge in [0.1, 0.15) is 0 Å². The van der Waals surface area contributed by atoms with Crippen LogP contribution in [0.2, 0.25) is 0 Å². The lowest BCUT2D eigenvalue weighted by atomic mass is 9.82. The molecule has 0 amide bonds. The van der Waals surface area contributed by atoms with Crippen molar-refractivity contribution in [3.63, 3.8) is 0 Å². The fourth-order valence-corrected chi connectivity index (χ4v) is 1.01. The minimum Gasteiger partial charge on any atom is -0.315 e. The van der Waals surface area contributed by atoms with Crippen LogP contribution in [0.25, 0.3) is 0 Å². The molecular formula is C12H26N2. The lowest BCUT2D eigenvalue weighted by molar-refractivity contribution is 0.253. The summed E-state index contributed by atoms with van der Waals surface area (Å²) >= 11 is 0. The van der Waals surface area contributed by atoms with Crippen molar-refractivity contribution in [1.29, 1.82) is 0 Å². The highest BCUT2D eigenvalue weighted by molar-refractivity contribution is 4.73. The van der Waals surface area contributed by atoms with E-state index >= 15 is 0 Å². The van der Waals surface area contributed by atoms with Gasteiger partial charge in [-0.25, -0.2) is 0 Å². The molecule has 0 rings (SSSR count). The predicted molar refractivity (Wildman–Crippen MR) is 64.6 cm³/mol. The first-order valence-electron chi connectivity index (χ1n) is 5.50. The second-order valence-corrected chi connectivity index (χ2v) is 4.96. The first kappa shape index (κ1) is 13.7. The molecule has 0 radical (unpaired) electrons. The lowest BCUT2D eigenvalue weighted by Gasteiger charge is -2.27. The molecular weight excluding hydrogens is 172 g/mol. The van der Waals surface area contributed by atoms with Crippen molar-refractivity contribution in [3.05, 3.63) is 12.7 Å². The van der Waals surface area contributed by atoms with Crippen LogP contribution in [0.5, 0.6) is 0 Å². The van der Waals surface area contributed by atoms with Crippen molar-refractivity contribution in [3.8, 4) is 0 Å². The highest BCUT2D eigenvalue weighted by Gasteiger charge is 2.18. The standard InChI is InChI=1S/C12H26N2/c1-6-7-13-8-9-14-10-11(2)12(3,4)5/h6,11,13-14H,1,7-10H2,2-5H3. The first-order chi connectivity index (χ1) is 6.48. The Labute approximate surface area is 89.2 Å². The van der Waals surface area contributed by atoms with Gasteiger partial charge in [0, 0.05) is 19.6 Å². The summed E-state index contributed by atoms with van der Waals surface area (Å²) in [4.78, 5) is 0. The summed E-state index contributed by atoms with van der Waals surface area (Å²) in [5, 5.41) is 6.72. The minimum absolute atomic E-state index is 0.404. The lowest BCUT2D eigenvalue weighted by Crippen LogP contribution is -2.34. The molecule has 0 aromatic rings. The molecule has 1 unspecified atom stereocenters. The van der Waals surface area contributed by atoms with Gasteiger partial charge in [0.2, 0.25) is 0 Å². The van der Waals surface area contributed by atoms with Gasteiger partial charge in [0.05, 0.1) is 0 Å². The Hall–Kier alpha value is -0.340.